The van der Waals surface area contributed by atoms with Crippen LogP contribution < -0.4 is 14.8 Å². The zero-order valence-corrected chi connectivity index (χ0v) is 14.2. The van der Waals surface area contributed by atoms with Crippen molar-refractivity contribution in [3.8, 4) is 5.75 Å². The second kappa shape index (κ2) is 7.12. The molecular weight excluding hydrogens is 330 g/mol. The largest absolute Gasteiger partial charge is 0.461 e. The van der Waals surface area contributed by atoms with E-state index in [0.717, 1.165) is 19.1 Å². The number of amides is 1. The third kappa shape index (κ3) is 5.66. The van der Waals surface area contributed by atoms with E-state index in [4.69, 9.17) is 4.74 Å². The first kappa shape index (κ1) is 19.1. The van der Waals surface area contributed by atoms with E-state index in [9.17, 15) is 22.0 Å². The number of nitrogens with one attached hydrogen (secondary N) is 2. The molecule has 2 N–H and O–H groups in total. The van der Waals surface area contributed by atoms with E-state index >= 15 is 0 Å². The van der Waals surface area contributed by atoms with Gasteiger partial charge in [-0.1, -0.05) is 20.8 Å². The number of hydrogen-bond acceptors (Lipinski definition) is 5. The lowest BCUT2D eigenvalue weighted by Crippen LogP contribution is -2.29. The van der Waals surface area contributed by atoms with Crippen molar-refractivity contribution in [2.75, 3.05) is 18.7 Å². The summed E-state index contributed by atoms with van der Waals surface area (Å²) in [6, 6.07) is 1.73. The summed E-state index contributed by atoms with van der Waals surface area (Å²) in [7, 11) is -4.40. The van der Waals surface area contributed by atoms with Gasteiger partial charge in [0.25, 0.3) is 10.0 Å². The normalized spacial score (nSPS) is 11.9. The van der Waals surface area contributed by atoms with Gasteiger partial charge in [-0.05, 0) is 5.41 Å². The van der Waals surface area contributed by atoms with Gasteiger partial charge in [-0.3, -0.25) is 4.79 Å². The van der Waals surface area contributed by atoms with Crippen molar-refractivity contribution >= 4 is 21.6 Å². The minimum Gasteiger partial charge on any atom is -0.461 e. The zero-order valence-electron chi connectivity index (χ0n) is 13.4. The van der Waals surface area contributed by atoms with Crippen molar-refractivity contribution < 1.29 is 26.7 Å². The molecule has 0 atom stereocenters. The molecule has 0 aliphatic heterocycles. The van der Waals surface area contributed by atoms with Crippen molar-refractivity contribution in [2.24, 2.45) is 5.41 Å². The van der Waals surface area contributed by atoms with E-state index in [1.807, 2.05) is 20.8 Å². The van der Waals surface area contributed by atoms with Crippen LogP contribution in [0.25, 0.3) is 0 Å². The van der Waals surface area contributed by atoms with Gasteiger partial charge in [-0.25, -0.2) is 21.9 Å². The Balaban J connectivity index is 3.27. The lowest BCUT2D eigenvalue weighted by atomic mass is 9.97. The molecule has 0 heterocycles. The molecule has 1 aromatic carbocycles. The minimum atomic E-state index is -4.40. The number of rotatable bonds is 6. The Hall–Kier alpha value is -1.90. The van der Waals surface area contributed by atoms with E-state index in [2.05, 4.69) is 5.32 Å². The molecule has 130 valence electrons. The molecule has 23 heavy (non-hydrogen) atoms. The van der Waals surface area contributed by atoms with Crippen LogP contribution in [0.3, 0.4) is 0 Å². The molecule has 0 aromatic heterocycles. The highest BCUT2D eigenvalue weighted by Gasteiger charge is 2.24. The highest BCUT2D eigenvalue weighted by molar-refractivity contribution is 7.90. The van der Waals surface area contributed by atoms with Gasteiger partial charge in [0, 0.05) is 25.6 Å². The summed E-state index contributed by atoms with van der Waals surface area (Å²) in [5, 5.41) is 2.88. The molecule has 0 spiro atoms. The average molecular weight is 350 g/mol. The van der Waals surface area contributed by atoms with Crippen molar-refractivity contribution in [1.82, 2.24) is 4.72 Å². The lowest BCUT2D eigenvalue weighted by molar-refractivity contribution is -0.117. The Bertz CT molecular complexity index is 685. The molecule has 0 fully saturated rings. The van der Waals surface area contributed by atoms with E-state index in [1.54, 1.807) is 4.72 Å². The zero-order chi connectivity index (χ0) is 17.8. The van der Waals surface area contributed by atoms with Gasteiger partial charge in [0.05, 0.1) is 5.69 Å². The van der Waals surface area contributed by atoms with Crippen LogP contribution in [0.1, 0.15) is 27.7 Å². The molecular formula is C14H20F2N2O4S. The Kier molecular flexibility index (Phi) is 5.92. The van der Waals surface area contributed by atoms with Gasteiger partial charge in [0.2, 0.25) is 12.8 Å². The Labute approximate surface area is 134 Å². The average Bonchev–Trinajstić information content (AvgIpc) is 2.36. The van der Waals surface area contributed by atoms with E-state index in [-0.39, 0.29) is 16.9 Å². The summed E-state index contributed by atoms with van der Waals surface area (Å²) in [5.74, 6) is -2.12. The molecule has 0 saturated heterocycles. The van der Waals surface area contributed by atoms with Gasteiger partial charge < -0.3 is 10.1 Å². The van der Waals surface area contributed by atoms with Crippen LogP contribution in [-0.2, 0) is 14.8 Å². The monoisotopic (exact) mass is 350 g/mol. The number of carbonyl (C=O) groups excluding carboxylic acids is 1. The van der Waals surface area contributed by atoms with Crippen LogP contribution in [0.15, 0.2) is 17.0 Å². The SMILES string of the molecule is CC(=O)NS(=O)(=O)c1cc(OCF)c(NCC(C)(C)C)cc1F. The summed E-state index contributed by atoms with van der Waals surface area (Å²) in [6.07, 6.45) is 0. The predicted molar refractivity (Wildman–Crippen MR) is 82.0 cm³/mol. The van der Waals surface area contributed by atoms with Crippen LogP contribution >= 0.6 is 0 Å². The molecule has 6 nitrogen and oxygen atoms in total. The van der Waals surface area contributed by atoms with Gasteiger partial charge >= 0.3 is 0 Å². The van der Waals surface area contributed by atoms with Crippen molar-refractivity contribution in [3.05, 3.63) is 17.9 Å². The van der Waals surface area contributed by atoms with Crippen molar-refractivity contribution in [3.63, 3.8) is 0 Å². The smallest absolute Gasteiger partial charge is 0.267 e. The topological polar surface area (TPSA) is 84.5 Å². The van der Waals surface area contributed by atoms with Gasteiger partial charge in [0.1, 0.15) is 16.5 Å². The maximum atomic E-state index is 14.1. The van der Waals surface area contributed by atoms with E-state index in [1.165, 1.54) is 0 Å². The Morgan fingerprint density at radius 3 is 2.39 bits per heavy atom. The second-order valence-corrected chi connectivity index (χ2v) is 7.76. The fourth-order valence-corrected chi connectivity index (χ4v) is 2.73. The summed E-state index contributed by atoms with van der Waals surface area (Å²) >= 11 is 0. The first-order valence-corrected chi connectivity index (χ1v) is 8.24. The van der Waals surface area contributed by atoms with E-state index < -0.39 is 33.5 Å². The molecule has 9 heteroatoms. The predicted octanol–water partition coefficient (Wildman–Crippen LogP) is 2.41. The highest BCUT2D eigenvalue weighted by Crippen LogP contribution is 2.31. The number of benzene rings is 1. The molecule has 0 unspecified atom stereocenters. The van der Waals surface area contributed by atoms with Gasteiger partial charge in [0.15, 0.2) is 0 Å². The Morgan fingerprint density at radius 2 is 1.91 bits per heavy atom. The second-order valence-electron chi connectivity index (χ2n) is 6.11. The molecule has 0 aliphatic rings. The molecule has 1 amide bonds. The number of alkyl halides is 1. The van der Waals surface area contributed by atoms with Gasteiger partial charge in [-0.15, -0.1) is 0 Å². The molecule has 0 radical (unpaired) electrons. The Morgan fingerprint density at radius 1 is 1.30 bits per heavy atom. The summed E-state index contributed by atoms with van der Waals surface area (Å²) < 4.78 is 56.8. The highest BCUT2D eigenvalue weighted by atomic mass is 32.2. The lowest BCUT2D eigenvalue weighted by Gasteiger charge is -2.21. The minimum absolute atomic E-state index is 0.122. The number of halogens is 2. The quantitative estimate of drug-likeness (QED) is 0.823. The van der Waals surface area contributed by atoms with Crippen LogP contribution in [-0.4, -0.2) is 27.7 Å². The fraction of sp³-hybridized carbons (Fsp3) is 0.500. The molecule has 0 bridgehead atoms. The summed E-state index contributed by atoms with van der Waals surface area (Å²) in [6.45, 7) is 5.99. The third-order valence-electron chi connectivity index (χ3n) is 2.62. The maximum absolute atomic E-state index is 14.1. The number of anilines is 1. The third-order valence-corrected chi connectivity index (χ3v) is 4.07. The number of sulfonamides is 1. The van der Waals surface area contributed by atoms with Gasteiger partial charge in [-0.2, -0.15) is 0 Å². The number of carbonyl (C=O) groups is 1. The molecule has 0 saturated carbocycles. The van der Waals surface area contributed by atoms with Crippen molar-refractivity contribution in [1.29, 1.82) is 0 Å². The van der Waals surface area contributed by atoms with Crippen LogP contribution in [0.2, 0.25) is 0 Å². The maximum Gasteiger partial charge on any atom is 0.267 e. The summed E-state index contributed by atoms with van der Waals surface area (Å²) in [4.78, 5) is 10.1. The van der Waals surface area contributed by atoms with Crippen LogP contribution in [0.5, 0.6) is 5.75 Å². The standard InChI is InChI=1S/C14H20F2N2O4S/c1-9(19)18-23(20,21)13-6-12(22-8-15)11(5-10(13)16)17-7-14(2,3)4/h5-6,17H,7-8H2,1-4H3,(H,18,19). The van der Waals surface area contributed by atoms with Crippen LogP contribution in [0, 0.1) is 11.2 Å². The number of hydrogen-bond donors (Lipinski definition) is 2. The van der Waals surface area contributed by atoms with Crippen molar-refractivity contribution in [2.45, 2.75) is 32.6 Å². The first-order valence-electron chi connectivity index (χ1n) is 6.76. The summed E-state index contributed by atoms with van der Waals surface area (Å²) in [5.41, 5.74) is -0.0263. The van der Waals surface area contributed by atoms with E-state index in [0.29, 0.717) is 6.54 Å². The number of ether oxygens (including phenoxy) is 1. The first-order chi connectivity index (χ1) is 10.5. The molecule has 0 aliphatic carbocycles. The molecule has 1 rings (SSSR count). The van der Waals surface area contributed by atoms with Crippen LogP contribution in [0.4, 0.5) is 14.5 Å². The fourth-order valence-electron chi connectivity index (χ4n) is 1.66. The molecule has 1 aromatic rings.